The van der Waals surface area contributed by atoms with Crippen LogP contribution in [-0.2, 0) is 11.2 Å². The van der Waals surface area contributed by atoms with Crippen LogP contribution in [0, 0.1) is 6.92 Å². The molecule has 1 aromatic carbocycles. The second-order valence-electron chi connectivity index (χ2n) is 6.62. The Morgan fingerprint density at radius 2 is 1.89 bits per heavy atom. The molecule has 1 N–H and O–H groups in total. The highest BCUT2D eigenvalue weighted by Gasteiger charge is 2.25. The van der Waals surface area contributed by atoms with E-state index in [1.807, 2.05) is 18.2 Å². The average molecular weight is 375 g/mol. The van der Waals surface area contributed by atoms with Crippen LogP contribution in [0.3, 0.4) is 0 Å². The first kappa shape index (κ1) is 19.0. The summed E-state index contributed by atoms with van der Waals surface area (Å²) >= 11 is 0. The molecule has 2 aromatic rings. The Kier molecular flexibility index (Phi) is 6.16. The SMILES string of the molecule is COc1cccc(OC2CCC(NC(=O)Cc3nonc3C)CC2)c1OC. The van der Waals surface area contributed by atoms with Crippen LogP contribution in [0.15, 0.2) is 22.8 Å². The molecule has 27 heavy (non-hydrogen) atoms. The summed E-state index contributed by atoms with van der Waals surface area (Å²) in [6.45, 7) is 1.77. The van der Waals surface area contributed by atoms with E-state index in [2.05, 4.69) is 20.3 Å². The molecule has 1 aromatic heterocycles. The summed E-state index contributed by atoms with van der Waals surface area (Å²) in [6, 6.07) is 5.74. The minimum Gasteiger partial charge on any atom is -0.493 e. The van der Waals surface area contributed by atoms with Crippen LogP contribution in [0.1, 0.15) is 37.1 Å². The number of methoxy groups -OCH3 is 2. The first-order chi connectivity index (χ1) is 13.1. The van der Waals surface area contributed by atoms with Crippen molar-refractivity contribution < 1.29 is 23.6 Å². The third kappa shape index (κ3) is 4.69. The van der Waals surface area contributed by atoms with Gasteiger partial charge in [0.2, 0.25) is 11.7 Å². The van der Waals surface area contributed by atoms with Gasteiger partial charge in [-0.3, -0.25) is 4.79 Å². The monoisotopic (exact) mass is 375 g/mol. The molecule has 0 atom stereocenters. The van der Waals surface area contributed by atoms with Crippen molar-refractivity contribution in [2.45, 2.75) is 51.2 Å². The Bertz CT molecular complexity index is 768. The van der Waals surface area contributed by atoms with Crippen molar-refractivity contribution in [1.82, 2.24) is 15.6 Å². The van der Waals surface area contributed by atoms with Crippen LogP contribution in [-0.4, -0.2) is 42.6 Å². The third-order valence-corrected chi connectivity index (χ3v) is 4.77. The summed E-state index contributed by atoms with van der Waals surface area (Å²) < 4.78 is 21.5. The van der Waals surface area contributed by atoms with Gasteiger partial charge in [0.15, 0.2) is 11.5 Å². The molecule has 0 spiro atoms. The van der Waals surface area contributed by atoms with E-state index < -0.39 is 0 Å². The number of benzene rings is 1. The highest BCUT2D eigenvalue weighted by atomic mass is 16.6. The maximum absolute atomic E-state index is 12.2. The van der Waals surface area contributed by atoms with Crippen LogP contribution in [0.4, 0.5) is 0 Å². The Morgan fingerprint density at radius 1 is 1.15 bits per heavy atom. The van der Waals surface area contributed by atoms with Gasteiger partial charge >= 0.3 is 0 Å². The van der Waals surface area contributed by atoms with Gasteiger partial charge in [0.05, 0.1) is 26.7 Å². The van der Waals surface area contributed by atoms with E-state index >= 15 is 0 Å². The van der Waals surface area contributed by atoms with Gasteiger partial charge in [-0.1, -0.05) is 16.4 Å². The van der Waals surface area contributed by atoms with Gasteiger partial charge in [-0.25, -0.2) is 4.63 Å². The van der Waals surface area contributed by atoms with Gasteiger partial charge in [-0.2, -0.15) is 0 Å². The first-order valence-electron chi connectivity index (χ1n) is 9.05. The fourth-order valence-corrected chi connectivity index (χ4v) is 3.30. The number of ether oxygens (including phenoxy) is 3. The van der Waals surface area contributed by atoms with Crippen molar-refractivity contribution in [3.8, 4) is 17.2 Å². The maximum atomic E-state index is 12.2. The number of aromatic nitrogens is 2. The average Bonchev–Trinajstić information content (AvgIpc) is 3.07. The number of rotatable bonds is 7. The molecule has 1 aliphatic rings. The molecule has 8 heteroatoms. The molecule has 0 radical (unpaired) electrons. The van der Waals surface area contributed by atoms with E-state index in [-0.39, 0.29) is 24.5 Å². The molecule has 1 amide bonds. The Labute approximate surface area is 158 Å². The van der Waals surface area contributed by atoms with Crippen molar-refractivity contribution in [1.29, 1.82) is 0 Å². The number of para-hydroxylation sites is 1. The number of carbonyl (C=O) groups is 1. The Morgan fingerprint density at radius 3 is 2.52 bits per heavy atom. The van der Waals surface area contributed by atoms with Crippen molar-refractivity contribution in [3.05, 3.63) is 29.6 Å². The van der Waals surface area contributed by atoms with Crippen LogP contribution in [0.5, 0.6) is 17.2 Å². The standard InChI is InChI=1S/C19H25N3O5/c1-12-15(22-27-21-12)11-18(23)20-13-7-9-14(10-8-13)26-17-6-4-5-16(24-2)19(17)25-3/h4-6,13-14H,7-11H2,1-3H3,(H,20,23). The molecule has 0 unspecified atom stereocenters. The number of hydrogen-bond donors (Lipinski definition) is 1. The highest BCUT2D eigenvalue weighted by molar-refractivity contribution is 5.78. The molecule has 0 aliphatic heterocycles. The predicted octanol–water partition coefficient (Wildman–Crippen LogP) is 2.44. The smallest absolute Gasteiger partial charge is 0.226 e. The maximum Gasteiger partial charge on any atom is 0.226 e. The lowest BCUT2D eigenvalue weighted by Crippen LogP contribution is -2.40. The molecule has 8 nitrogen and oxygen atoms in total. The van der Waals surface area contributed by atoms with Crippen molar-refractivity contribution in [2.75, 3.05) is 14.2 Å². The molecule has 146 valence electrons. The van der Waals surface area contributed by atoms with E-state index in [1.165, 1.54) is 0 Å². The van der Waals surface area contributed by atoms with E-state index in [0.29, 0.717) is 28.6 Å². The lowest BCUT2D eigenvalue weighted by Gasteiger charge is -2.30. The van der Waals surface area contributed by atoms with Gasteiger partial charge in [-0.05, 0) is 44.7 Å². The van der Waals surface area contributed by atoms with Gasteiger partial charge in [0.1, 0.15) is 11.4 Å². The number of nitrogens with one attached hydrogen (secondary N) is 1. The fourth-order valence-electron chi connectivity index (χ4n) is 3.30. The highest BCUT2D eigenvalue weighted by Crippen LogP contribution is 2.38. The summed E-state index contributed by atoms with van der Waals surface area (Å²) in [5.41, 5.74) is 1.23. The fraction of sp³-hybridized carbons (Fsp3) is 0.526. The summed E-state index contributed by atoms with van der Waals surface area (Å²) in [7, 11) is 3.20. The van der Waals surface area contributed by atoms with Gasteiger partial charge in [0, 0.05) is 6.04 Å². The summed E-state index contributed by atoms with van der Waals surface area (Å²) in [4.78, 5) is 12.2. The number of carbonyl (C=O) groups excluding carboxylic acids is 1. The largest absolute Gasteiger partial charge is 0.493 e. The number of hydrogen-bond acceptors (Lipinski definition) is 7. The Balaban J connectivity index is 1.49. The zero-order valence-electron chi connectivity index (χ0n) is 15.9. The molecule has 1 fully saturated rings. The first-order valence-corrected chi connectivity index (χ1v) is 9.05. The molecule has 1 heterocycles. The van der Waals surface area contributed by atoms with Crippen LogP contribution < -0.4 is 19.5 Å². The molecular weight excluding hydrogens is 350 g/mol. The lowest BCUT2D eigenvalue weighted by atomic mass is 9.92. The van der Waals surface area contributed by atoms with Crippen molar-refractivity contribution in [2.24, 2.45) is 0 Å². The second kappa shape index (κ2) is 8.75. The minimum atomic E-state index is -0.0624. The van der Waals surface area contributed by atoms with Crippen molar-refractivity contribution >= 4 is 5.91 Å². The van der Waals surface area contributed by atoms with Gasteiger partial charge in [-0.15, -0.1) is 0 Å². The third-order valence-electron chi connectivity index (χ3n) is 4.77. The van der Waals surface area contributed by atoms with Crippen LogP contribution in [0.2, 0.25) is 0 Å². The van der Waals surface area contributed by atoms with Crippen LogP contribution in [0.25, 0.3) is 0 Å². The van der Waals surface area contributed by atoms with Gasteiger partial charge < -0.3 is 19.5 Å². The van der Waals surface area contributed by atoms with E-state index in [4.69, 9.17) is 14.2 Å². The summed E-state index contributed by atoms with van der Waals surface area (Å²) in [5.74, 6) is 1.87. The molecule has 1 aliphatic carbocycles. The molecule has 3 rings (SSSR count). The number of amides is 1. The molecule has 1 saturated carbocycles. The summed E-state index contributed by atoms with van der Waals surface area (Å²) in [6.07, 6.45) is 3.71. The zero-order chi connectivity index (χ0) is 19.2. The molecule has 0 saturated heterocycles. The zero-order valence-corrected chi connectivity index (χ0v) is 15.9. The van der Waals surface area contributed by atoms with E-state index in [9.17, 15) is 4.79 Å². The van der Waals surface area contributed by atoms with Crippen molar-refractivity contribution in [3.63, 3.8) is 0 Å². The second-order valence-corrected chi connectivity index (χ2v) is 6.62. The summed E-state index contributed by atoms with van der Waals surface area (Å²) in [5, 5.41) is 10.5. The normalized spacial score (nSPS) is 19.4. The predicted molar refractivity (Wildman–Crippen MR) is 97.1 cm³/mol. The van der Waals surface area contributed by atoms with Gasteiger partial charge in [0.25, 0.3) is 0 Å². The molecular formula is C19H25N3O5. The lowest BCUT2D eigenvalue weighted by molar-refractivity contribution is -0.121. The van der Waals surface area contributed by atoms with Crippen LogP contribution >= 0.6 is 0 Å². The number of nitrogens with zero attached hydrogens (tertiary/aromatic N) is 2. The number of aryl methyl sites for hydroxylation is 1. The topological polar surface area (TPSA) is 95.7 Å². The Hall–Kier alpha value is -2.77. The molecule has 0 bridgehead atoms. The quantitative estimate of drug-likeness (QED) is 0.794. The minimum absolute atomic E-state index is 0.0624. The van der Waals surface area contributed by atoms with E-state index in [1.54, 1.807) is 21.1 Å². The van der Waals surface area contributed by atoms with E-state index in [0.717, 1.165) is 25.7 Å².